The van der Waals surface area contributed by atoms with Gasteiger partial charge in [0.05, 0.1) is 17.3 Å². The molecule has 1 aromatic carbocycles. The van der Waals surface area contributed by atoms with Gasteiger partial charge in [-0.2, -0.15) is 5.10 Å². The Hall–Kier alpha value is -1.71. The molecule has 0 radical (unpaired) electrons. The fourth-order valence-corrected chi connectivity index (χ4v) is 2.99. The van der Waals surface area contributed by atoms with E-state index >= 15 is 0 Å². The first kappa shape index (κ1) is 21.6. The van der Waals surface area contributed by atoms with Crippen molar-refractivity contribution < 1.29 is 0 Å². The predicted octanol–water partition coefficient (Wildman–Crippen LogP) is 4.00. The molecule has 6 nitrogen and oxygen atoms in total. The molecule has 0 fully saturated rings. The largest absolute Gasteiger partial charge is 0.352 e. The second kappa shape index (κ2) is 10.0. The molecule has 0 aliphatic carbocycles. The van der Waals surface area contributed by atoms with Gasteiger partial charge in [0, 0.05) is 38.7 Å². The molecule has 0 saturated heterocycles. The van der Waals surface area contributed by atoms with E-state index in [1.165, 1.54) is 0 Å². The Morgan fingerprint density at radius 2 is 1.93 bits per heavy atom. The highest BCUT2D eigenvalue weighted by Gasteiger charge is 2.09. The van der Waals surface area contributed by atoms with Gasteiger partial charge in [0.2, 0.25) is 0 Å². The molecule has 144 valence electrons. The Morgan fingerprint density at radius 1 is 1.15 bits per heavy atom. The zero-order chi connectivity index (χ0) is 18.5. The first-order valence-electron chi connectivity index (χ1n) is 8.11. The summed E-state index contributed by atoms with van der Waals surface area (Å²) in [5, 5.41) is 11.9. The highest BCUT2D eigenvalue weighted by Crippen LogP contribution is 2.24. The Balaban J connectivity index is 0.00000261. The maximum Gasteiger partial charge on any atom is 0.191 e. The van der Waals surface area contributed by atoms with Crippen molar-refractivity contribution in [1.82, 2.24) is 25.0 Å². The minimum absolute atomic E-state index is 0. The molecule has 0 spiro atoms. The molecule has 2 aromatic heterocycles. The summed E-state index contributed by atoms with van der Waals surface area (Å²) in [6.45, 7) is 1.21. The van der Waals surface area contributed by atoms with Gasteiger partial charge in [-0.1, -0.05) is 35.3 Å². The van der Waals surface area contributed by atoms with E-state index in [4.69, 9.17) is 23.2 Å². The van der Waals surface area contributed by atoms with Gasteiger partial charge in [-0.15, -0.1) is 24.0 Å². The summed E-state index contributed by atoms with van der Waals surface area (Å²) in [4.78, 5) is 4.25. The molecular weight excluding hydrogens is 498 g/mol. The lowest BCUT2D eigenvalue weighted by atomic mass is 10.2. The lowest BCUT2D eigenvalue weighted by molar-refractivity contribution is 0.750. The minimum atomic E-state index is 0. The van der Waals surface area contributed by atoms with Crippen LogP contribution in [0.15, 0.2) is 53.8 Å². The number of halogens is 3. The first-order chi connectivity index (χ1) is 12.6. The molecule has 0 saturated carbocycles. The third kappa shape index (κ3) is 5.40. The maximum absolute atomic E-state index is 6.10. The number of hydrogen-bond acceptors (Lipinski definition) is 2. The number of benzene rings is 1. The second-order valence-electron chi connectivity index (χ2n) is 5.73. The number of nitrogens with one attached hydrogen (secondary N) is 2. The van der Waals surface area contributed by atoms with Crippen molar-refractivity contribution in [1.29, 1.82) is 0 Å². The molecule has 0 bridgehead atoms. The van der Waals surface area contributed by atoms with Crippen LogP contribution in [0.3, 0.4) is 0 Å². The maximum atomic E-state index is 6.10. The molecule has 9 heteroatoms. The number of nitrogens with zero attached hydrogens (tertiary/aromatic N) is 4. The summed E-state index contributed by atoms with van der Waals surface area (Å²) in [5.41, 5.74) is 3.12. The summed E-state index contributed by atoms with van der Waals surface area (Å²) in [5.74, 6) is 0.697. The summed E-state index contributed by atoms with van der Waals surface area (Å²) < 4.78 is 3.68. The third-order valence-corrected chi connectivity index (χ3v) is 4.86. The van der Waals surface area contributed by atoms with E-state index in [1.807, 2.05) is 46.8 Å². The second-order valence-corrected chi connectivity index (χ2v) is 6.50. The molecule has 27 heavy (non-hydrogen) atoms. The van der Waals surface area contributed by atoms with Crippen molar-refractivity contribution in [3.8, 4) is 5.69 Å². The van der Waals surface area contributed by atoms with Crippen LogP contribution in [0.25, 0.3) is 5.69 Å². The quantitative estimate of drug-likeness (QED) is 0.305. The van der Waals surface area contributed by atoms with Crippen LogP contribution in [0.2, 0.25) is 10.2 Å². The zero-order valence-electron chi connectivity index (χ0n) is 15.0. The predicted molar refractivity (Wildman–Crippen MR) is 121 cm³/mol. The Bertz CT molecular complexity index is 905. The SMILES string of the molecule is CN=C(NCc1cccc(-n2cccn2)c1)NCc1cc(Cl)c(Cl)n1C.I. The van der Waals surface area contributed by atoms with Gasteiger partial charge in [-0.05, 0) is 29.8 Å². The molecule has 0 amide bonds. The van der Waals surface area contributed by atoms with Crippen LogP contribution in [0.1, 0.15) is 11.3 Å². The van der Waals surface area contributed by atoms with E-state index in [0.29, 0.717) is 29.2 Å². The molecule has 0 atom stereocenters. The fraction of sp³-hybridized carbons (Fsp3) is 0.222. The number of aromatic nitrogens is 3. The van der Waals surface area contributed by atoms with Crippen LogP contribution in [0.4, 0.5) is 0 Å². The molecule has 2 N–H and O–H groups in total. The van der Waals surface area contributed by atoms with E-state index in [0.717, 1.165) is 16.9 Å². The normalized spacial score (nSPS) is 11.2. The van der Waals surface area contributed by atoms with Crippen molar-refractivity contribution in [2.75, 3.05) is 7.05 Å². The standard InChI is InChI=1S/C18H20Cl2N6.HI/c1-21-18(23-12-15-10-16(19)17(20)25(15)2)22-11-13-5-3-6-14(9-13)26-8-4-7-24-26;/h3-10H,11-12H2,1-2H3,(H2,21,22,23);1H. The summed E-state index contributed by atoms with van der Waals surface area (Å²) >= 11 is 12.1. The monoisotopic (exact) mass is 518 g/mol. The van der Waals surface area contributed by atoms with E-state index in [1.54, 1.807) is 13.2 Å². The highest BCUT2D eigenvalue weighted by molar-refractivity contribution is 14.0. The molecule has 3 aromatic rings. The molecule has 0 aliphatic heterocycles. The molecular formula is C18H21Cl2IN6. The number of rotatable bonds is 5. The van der Waals surface area contributed by atoms with Gasteiger partial charge < -0.3 is 15.2 Å². The van der Waals surface area contributed by atoms with Crippen molar-refractivity contribution in [3.05, 3.63) is 70.2 Å². The zero-order valence-corrected chi connectivity index (χ0v) is 18.8. The average Bonchev–Trinajstić information content (AvgIpc) is 3.27. The lowest BCUT2D eigenvalue weighted by Crippen LogP contribution is -2.36. The van der Waals surface area contributed by atoms with Crippen molar-refractivity contribution in [2.45, 2.75) is 13.1 Å². The third-order valence-electron chi connectivity index (χ3n) is 4.02. The molecule has 2 heterocycles. The van der Waals surface area contributed by atoms with Crippen LogP contribution >= 0.6 is 47.2 Å². The average molecular weight is 519 g/mol. The van der Waals surface area contributed by atoms with Gasteiger partial charge in [0.15, 0.2) is 5.96 Å². The Morgan fingerprint density at radius 3 is 2.56 bits per heavy atom. The molecule has 0 aliphatic rings. The Labute approximate surface area is 185 Å². The number of hydrogen-bond donors (Lipinski definition) is 2. The van der Waals surface area contributed by atoms with Crippen LogP contribution in [-0.4, -0.2) is 27.4 Å². The number of guanidine groups is 1. The smallest absolute Gasteiger partial charge is 0.191 e. The Kier molecular flexibility index (Phi) is 8.00. The van der Waals surface area contributed by atoms with Gasteiger partial charge in [-0.25, -0.2) is 4.68 Å². The van der Waals surface area contributed by atoms with Crippen LogP contribution in [0, 0.1) is 0 Å². The van der Waals surface area contributed by atoms with Gasteiger partial charge >= 0.3 is 0 Å². The van der Waals surface area contributed by atoms with Crippen molar-refractivity contribution in [2.24, 2.45) is 12.0 Å². The van der Waals surface area contributed by atoms with E-state index < -0.39 is 0 Å². The fourth-order valence-electron chi connectivity index (χ4n) is 2.57. The lowest BCUT2D eigenvalue weighted by Gasteiger charge is -2.13. The van der Waals surface area contributed by atoms with Crippen molar-refractivity contribution in [3.63, 3.8) is 0 Å². The van der Waals surface area contributed by atoms with Gasteiger partial charge in [0.25, 0.3) is 0 Å². The molecule has 0 unspecified atom stereocenters. The van der Waals surface area contributed by atoms with E-state index in [-0.39, 0.29) is 24.0 Å². The van der Waals surface area contributed by atoms with Crippen LogP contribution < -0.4 is 10.6 Å². The van der Waals surface area contributed by atoms with E-state index in [2.05, 4.69) is 32.9 Å². The first-order valence-corrected chi connectivity index (χ1v) is 8.87. The minimum Gasteiger partial charge on any atom is -0.352 e. The van der Waals surface area contributed by atoms with Crippen LogP contribution in [0.5, 0.6) is 0 Å². The van der Waals surface area contributed by atoms with E-state index in [9.17, 15) is 0 Å². The topological polar surface area (TPSA) is 59.2 Å². The summed E-state index contributed by atoms with van der Waals surface area (Å²) in [6, 6.07) is 11.9. The van der Waals surface area contributed by atoms with Gasteiger partial charge in [0.1, 0.15) is 5.15 Å². The van der Waals surface area contributed by atoms with Crippen LogP contribution in [-0.2, 0) is 20.1 Å². The summed E-state index contributed by atoms with van der Waals surface area (Å²) in [7, 11) is 3.61. The van der Waals surface area contributed by atoms with Gasteiger partial charge in [-0.3, -0.25) is 4.99 Å². The highest BCUT2D eigenvalue weighted by atomic mass is 127. The molecule has 3 rings (SSSR count). The number of aliphatic imine (C=N–C) groups is 1. The van der Waals surface area contributed by atoms with Crippen molar-refractivity contribution >= 4 is 53.1 Å². The summed E-state index contributed by atoms with van der Waals surface area (Å²) in [6.07, 6.45) is 3.68.